The predicted molar refractivity (Wildman–Crippen MR) is 48.4 cm³/mol. The topological polar surface area (TPSA) is 55.8 Å². The fourth-order valence-electron chi connectivity index (χ4n) is 0.727. The maximum atomic E-state index is 10.4. The fourth-order valence-corrected chi connectivity index (χ4v) is 0.727. The van der Waals surface area contributed by atoms with Gasteiger partial charge in [0, 0.05) is 13.5 Å². The molecule has 4 nitrogen and oxygen atoms in total. The first-order valence-corrected chi connectivity index (χ1v) is 4.56. The van der Waals surface area contributed by atoms with E-state index in [0.717, 1.165) is 12.8 Å². The average molecular weight is 190 g/mol. The number of unbranched alkanes of at least 4 members (excludes halogenated alkanes) is 1. The van der Waals surface area contributed by atoms with E-state index in [2.05, 4.69) is 11.7 Å². The molecular weight excluding hydrogens is 172 g/mol. The van der Waals surface area contributed by atoms with E-state index in [9.17, 15) is 9.90 Å². The zero-order chi connectivity index (χ0) is 10.1. The molecule has 1 N–H and O–H groups in total. The van der Waals surface area contributed by atoms with E-state index in [4.69, 9.17) is 4.74 Å². The summed E-state index contributed by atoms with van der Waals surface area (Å²) in [5.74, 6) is -0.382. The van der Waals surface area contributed by atoms with Crippen molar-refractivity contribution in [3.05, 3.63) is 0 Å². The van der Waals surface area contributed by atoms with Gasteiger partial charge in [0.15, 0.2) is 0 Å². The number of aliphatic hydroxyl groups excluding tert-OH is 1. The highest BCUT2D eigenvalue weighted by atomic mass is 16.5. The van der Waals surface area contributed by atoms with Crippen LogP contribution in [0.5, 0.6) is 0 Å². The van der Waals surface area contributed by atoms with Crippen molar-refractivity contribution in [3.8, 4) is 0 Å². The van der Waals surface area contributed by atoms with E-state index in [1.165, 1.54) is 6.92 Å². The van der Waals surface area contributed by atoms with Crippen LogP contribution in [0.1, 0.15) is 26.7 Å². The molecular formula is C9H18O4. The summed E-state index contributed by atoms with van der Waals surface area (Å²) >= 11 is 0. The third kappa shape index (κ3) is 9.30. The van der Waals surface area contributed by atoms with Gasteiger partial charge in [-0.3, -0.25) is 4.79 Å². The molecule has 0 fully saturated rings. The molecule has 0 aromatic heterocycles. The van der Waals surface area contributed by atoms with E-state index in [-0.39, 0.29) is 19.2 Å². The Morgan fingerprint density at radius 2 is 2.15 bits per heavy atom. The molecule has 0 saturated carbocycles. The van der Waals surface area contributed by atoms with E-state index in [0.29, 0.717) is 6.61 Å². The normalized spacial score (nSPS) is 12.5. The first-order valence-electron chi connectivity index (χ1n) is 4.56. The Hall–Kier alpha value is -0.610. The summed E-state index contributed by atoms with van der Waals surface area (Å²) in [6, 6.07) is 0. The van der Waals surface area contributed by atoms with Gasteiger partial charge in [0.2, 0.25) is 0 Å². The highest BCUT2D eigenvalue weighted by Crippen LogP contribution is 1.92. The summed E-state index contributed by atoms with van der Waals surface area (Å²) in [5.41, 5.74) is 0. The minimum atomic E-state index is -0.708. The van der Waals surface area contributed by atoms with Gasteiger partial charge in [0.05, 0.1) is 6.61 Å². The molecule has 0 spiro atoms. The molecule has 0 aromatic rings. The van der Waals surface area contributed by atoms with Gasteiger partial charge in [-0.1, -0.05) is 13.3 Å². The molecule has 0 rings (SSSR count). The second-order valence-corrected chi connectivity index (χ2v) is 2.88. The molecule has 78 valence electrons. The summed E-state index contributed by atoms with van der Waals surface area (Å²) in [5, 5.41) is 9.20. The lowest BCUT2D eigenvalue weighted by atomic mass is 10.3. The van der Waals surface area contributed by atoms with E-state index < -0.39 is 6.10 Å². The van der Waals surface area contributed by atoms with Crippen molar-refractivity contribution in [1.82, 2.24) is 0 Å². The maximum absolute atomic E-state index is 10.4. The Kier molecular flexibility index (Phi) is 7.63. The zero-order valence-electron chi connectivity index (χ0n) is 8.28. The van der Waals surface area contributed by atoms with E-state index in [1.54, 1.807) is 0 Å². The molecule has 0 amide bonds. The van der Waals surface area contributed by atoms with Crippen LogP contribution in [-0.2, 0) is 14.3 Å². The Bertz CT molecular complexity index is 136. The van der Waals surface area contributed by atoms with Crippen molar-refractivity contribution in [2.75, 3.05) is 19.8 Å². The minimum absolute atomic E-state index is 0.0153. The minimum Gasteiger partial charge on any atom is -0.463 e. The van der Waals surface area contributed by atoms with Gasteiger partial charge in [0.1, 0.15) is 12.7 Å². The molecule has 0 saturated heterocycles. The zero-order valence-corrected chi connectivity index (χ0v) is 8.28. The number of carbonyl (C=O) groups excluding carboxylic acids is 1. The van der Waals surface area contributed by atoms with Gasteiger partial charge in [0.25, 0.3) is 0 Å². The molecule has 0 aliphatic heterocycles. The van der Waals surface area contributed by atoms with Crippen molar-refractivity contribution in [2.24, 2.45) is 0 Å². The SMILES string of the molecule is CCCCOC[C@@H](O)COC(C)=O. The number of carbonyl (C=O) groups is 1. The Morgan fingerprint density at radius 1 is 1.46 bits per heavy atom. The lowest BCUT2D eigenvalue weighted by molar-refractivity contribution is -0.145. The largest absolute Gasteiger partial charge is 0.463 e. The van der Waals surface area contributed by atoms with Crippen LogP contribution in [0.3, 0.4) is 0 Å². The highest BCUT2D eigenvalue weighted by molar-refractivity contribution is 5.65. The van der Waals surface area contributed by atoms with Crippen molar-refractivity contribution in [2.45, 2.75) is 32.8 Å². The van der Waals surface area contributed by atoms with Crippen LogP contribution in [0.25, 0.3) is 0 Å². The first kappa shape index (κ1) is 12.4. The standard InChI is InChI=1S/C9H18O4/c1-3-4-5-12-6-9(11)7-13-8(2)10/h9,11H,3-7H2,1-2H3/t9-/m1/s1. The number of hydrogen-bond donors (Lipinski definition) is 1. The van der Waals surface area contributed by atoms with Gasteiger partial charge in [-0.15, -0.1) is 0 Å². The molecule has 0 radical (unpaired) electrons. The molecule has 0 aromatic carbocycles. The van der Waals surface area contributed by atoms with Crippen molar-refractivity contribution in [3.63, 3.8) is 0 Å². The molecule has 0 heterocycles. The maximum Gasteiger partial charge on any atom is 0.302 e. The smallest absolute Gasteiger partial charge is 0.302 e. The van der Waals surface area contributed by atoms with Crippen molar-refractivity contribution >= 4 is 5.97 Å². The summed E-state index contributed by atoms with van der Waals surface area (Å²) in [6.07, 6.45) is 1.35. The number of rotatable bonds is 7. The average Bonchev–Trinajstić information content (AvgIpc) is 2.09. The van der Waals surface area contributed by atoms with Gasteiger partial charge in [-0.2, -0.15) is 0 Å². The molecule has 13 heavy (non-hydrogen) atoms. The fraction of sp³-hybridized carbons (Fsp3) is 0.889. The second-order valence-electron chi connectivity index (χ2n) is 2.88. The molecule has 0 unspecified atom stereocenters. The summed E-state index contributed by atoms with van der Waals surface area (Å²) in [6.45, 7) is 4.27. The molecule has 4 heteroatoms. The Labute approximate surface area is 78.8 Å². The number of aliphatic hydroxyl groups is 1. The van der Waals surface area contributed by atoms with Crippen LogP contribution in [0.4, 0.5) is 0 Å². The summed E-state index contributed by atoms with van der Waals surface area (Å²) in [7, 11) is 0. The van der Waals surface area contributed by atoms with Crippen molar-refractivity contribution in [1.29, 1.82) is 0 Å². The van der Waals surface area contributed by atoms with E-state index >= 15 is 0 Å². The van der Waals surface area contributed by atoms with Crippen LogP contribution in [0, 0.1) is 0 Å². The molecule has 0 bridgehead atoms. The molecule has 0 aliphatic carbocycles. The first-order chi connectivity index (χ1) is 6.16. The highest BCUT2D eigenvalue weighted by Gasteiger charge is 2.05. The number of esters is 1. The Balaban J connectivity index is 3.19. The number of ether oxygens (including phenoxy) is 2. The van der Waals surface area contributed by atoms with Gasteiger partial charge in [-0.25, -0.2) is 0 Å². The lowest BCUT2D eigenvalue weighted by Gasteiger charge is -2.10. The van der Waals surface area contributed by atoms with Gasteiger partial charge >= 0.3 is 5.97 Å². The van der Waals surface area contributed by atoms with Crippen LogP contribution < -0.4 is 0 Å². The monoisotopic (exact) mass is 190 g/mol. The second kappa shape index (κ2) is 8.01. The summed E-state index contributed by atoms with van der Waals surface area (Å²) in [4.78, 5) is 10.4. The number of hydrogen-bond acceptors (Lipinski definition) is 4. The quantitative estimate of drug-likeness (QED) is 0.475. The predicted octanol–water partition coefficient (Wildman–Crippen LogP) is 0.727. The van der Waals surface area contributed by atoms with E-state index in [1.807, 2.05) is 0 Å². The van der Waals surface area contributed by atoms with Crippen LogP contribution in [-0.4, -0.2) is 37.0 Å². The third-order valence-corrected chi connectivity index (χ3v) is 1.43. The van der Waals surface area contributed by atoms with Crippen LogP contribution in [0.15, 0.2) is 0 Å². The van der Waals surface area contributed by atoms with Crippen LogP contribution in [0.2, 0.25) is 0 Å². The van der Waals surface area contributed by atoms with Crippen molar-refractivity contribution < 1.29 is 19.4 Å². The molecule has 1 atom stereocenters. The lowest BCUT2D eigenvalue weighted by Crippen LogP contribution is -2.23. The van der Waals surface area contributed by atoms with Gasteiger partial charge < -0.3 is 14.6 Å². The third-order valence-electron chi connectivity index (χ3n) is 1.43. The molecule has 0 aliphatic rings. The summed E-state index contributed by atoms with van der Waals surface area (Å²) < 4.78 is 9.72. The van der Waals surface area contributed by atoms with Gasteiger partial charge in [-0.05, 0) is 6.42 Å². The Morgan fingerprint density at radius 3 is 2.69 bits per heavy atom. The van der Waals surface area contributed by atoms with Crippen LogP contribution >= 0.6 is 0 Å².